The number of amides is 1. The highest BCUT2D eigenvalue weighted by atomic mass is 16.6. The van der Waals surface area contributed by atoms with E-state index in [4.69, 9.17) is 4.74 Å². The van der Waals surface area contributed by atoms with Gasteiger partial charge in [-0.05, 0) is 12.8 Å². The second-order valence-corrected chi connectivity index (χ2v) is 3.86. The molecule has 1 saturated heterocycles. The Labute approximate surface area is 77.5 Å². The molecule has 1 N–H and O–H groups in total. The predicted octanol–water partition coefficient (Wildman–Crippen LogP) is 0.744. The molecule has 74 valence electrons. The summed E-state index contributed by atoms with van der Waals surface area (Å²) in [6, 6.07) is 0. The lowest BCUT2D eigenvalue weighted by Gasteiger charge is -2.34. The summed E-state index contributed by atoms with van der Waals surface area (Å²) in [5, 5.41) is 9.35. The molecule has 0 aromatic heterocycles. The summed E-state index contributed by atoms with van der Waals surface area (Å²) in [6.45, 7) is 1.18. The van der Waals surface area contributed by atoms with Crippen molar-refractivity contribution in [2.45, 2.75) is 31.2 Å². The molecule has 0 atom stereocenters. The summed E-state index contributed by atoms with van der Waals surface area (Å²) in [7, 11) is 0. The van der Waals surface area contributed by atoms with Crippen LogP contribution in [0.3, 0.4) is 0 Å². The minimum atomic E-state index is -0.298. The third-order valence-corrected chi connectivity index (χ3v) is 3.16. The SMILES string of the molecule is O=C1OCCN1C1(CO)CCCC1. The number of carbonyl (C=O) groups is 1. The van der Waals surface area contributed by atoms with Crippen LogP contribution in [0.15, 0.2) is 0 Å². The first kappa shape index (κ1) is 8.81. The van der Waals surface area contributed by atoms with Gasteiger partial charge in [0.15, 0.2) is 0 Å². The van der Waals surface area contributed by atoms with E-state index in [0.29, 0.717) is 13.2 Å². The molecule has 0 aromatic rings. The molecular formula is C9H15NO3. The molecule has 2 rings (SSSR count). The first-order chi connectivity index (χ1) is 6.28. The van der Waals surface area contributed by atoms with Crippen molar-refractivity contribution in [3.8, 4) is 0 Å². The van der Waals surface area contributed by atoms with E-state index in [2.05, 4.69) is 0 Å². The number of hydrogen-bond acceptors (Lipinski definition) is 3. The Morgan fingerprint density at radius 3 is 2.62 bits per heavy atom. The van der Waals surface area contributed by atoms with E-state index in [1.54, 1.807) is 4.90 Å². The van der Waals surface area contributed by atoms with Gasteiger partial charge in [0.25, 0.3) is 0 Å². The van der Waals surface area contributed by atoms with E-state index in [1.807, 2.05) is 0 Å². The maximum Gasteiger partial charge on any atom is 0.410 e. The van der Waals surface area contributed by atoms with Crippen molar-refractivity contribution in [2.24, 2.45) is 0 Å². The highest BCUT2D eigenvalue weighted by Gasteiger charge is 2.44. The van der Waals surface area contributed by atoms with Crippen LogP contribution in [-0.4, -0.2) is 41.4 Å². The molecule has 2 aliphatic rings. The summed E-state index contributed by atoms with van der Waals surface area (Å²) in [5.74, 6) is 0. The van der Waals surface area contributed by atoms with Crippen molar-refractivity contribution in [1.29, 1.82) is 0 Å². The van der Waals surface area contributed by atoms with Gasteiger partial charge in [0.2, 0.25) is 0 Å². The maximum atomic E-state index is 11.3. The number of hydrogen-bond donors (Lipinski definition) is 1. The van der Waals surface area contributed by atoms with E-state index in [9.17, 15) is 9.90 Å². The molecule has 0 aromatic carbocycles. The highest BCUT2D eigenvalue weighted by molar-refractivity contribution is 5.70. The summed E-state index contributed by atoms with van der Waals surface area (Å²) < 4.78 is 4.88. The molecule has 0 spiro atoms. The van der Waals surface area contributed by atoms with Gasteiger partial charge in [0.05, 0.1) is 18.7 Å². The summed E-state index contributed by atoms with van der Waals surface area (Å²) >= 11 is 0. The average molecular weight is 185 g/mol. The Morgan fingerprint density at radius 2 is 2.15 bits per heavy atom. The molecule has 1 aliphatic heterocycles. The number of nitrogens with zero attached hydrogens (tertiary/aromatic N) is 1. The van der Waals surface area contributed by atoms with Gasteiger partial charge in [0, 0.05) is 0 Å². The van der Waals surface area contributed by atoms with Gasteiger partial charge in [-0.15, -0.1) is 0 Å². The number of rotatable bonds is 2. The second kappa shape index (κ2) is 3.18. The van der Waals surface area contributed by atoms with E-state index in [1.165, 1.54) is 0 Å². The molecule has 4 heteroatoms. The smallest absolute Gasteiger partial charge is 0.410 e. The zero-order chi connectivity index (χ0) is 9.31. The second-order valence-electron chi connectivity index (χ2n) is 3.86. The molecule has 1 heterocycles. The minimum absolute atomic E-state index is 0.0715. The molecule has 4 nitrogen and oxygen atoms in total. The van der Waals surface area contributed by atoms with Crippen molar-refractivity contribution in [3.63, 3.8) is 0 Å². The van der Waals surface area contributed by atoms with E-state index < -0.39 is 0 Å². The van der Waals surface area contributed by atoms with Gasteiger partial charge in [-0.25, -0.2) is 4.79 Å². The molecule has 0 unspecified atom stereocenters. The predicted molar refractivity (Wildman–Crippen MR) is 46.3 cm³/mol. The number of aliphatic hydroxyl groups is 1. The van der Waals surface area contributed by atoms with Crippen molar-refractivity contribution in [3.05, 3.63) is 0 Å². The third kappa shape index (κ3) is 1.29. The molecule has 1 aliphatic carbocycles. The van der Waals surface area contributed by atoms with Crippen LogP contribution in [-0.2, 0) is 4.74 Å². The van der Waals surface area contributed by atoms with Crippen LogP contribution < -0.4 is 0 Å². The standard InChI is InChI=1S/C9H15NO3/c11-7-9(3-1-2-4-9)10-5-6-13-8(10)12/h11H,1-7H2. The van der Waals surface area contributed by atoms with Crippen LogP contribution in [0, 0.1) is 0 Å². The number of cyclic esters (lactones) is 1. The first-order valence-electron chi connectivity index (χ1n) is 4.84. The number of aliphatic hydroxyl groups excluding tert-OH is 1. The van der Waals surface area contributed by atoms with Crippen molar-refractivity contribution >= 4 is 6.09 Å². The molecular weight excluding hydrogens is 170 g/mol. The normalized spacial score (nSPS) is 26.5. The lowest BCUT2D eigenvalue weighted by molar-refractivity contribution is 0.0645. The Balaban J connectivity index is 2.15. The zero-order valence-electron chi connectivity index (χ0n) is 7.66. The van der Waals surface area contributed by atoms with E-state index in [0.717, 1.165) is 25.7 Å². The van der Waals surface area contributed by atoms with Gasteiger partial charge in [-0.3, -0.25) is 4.90 Å². The van der Waals surface area contributed by atoms with Crippen LogP contribution in [0.5, 0.6) is 0 Å². The molecule has 13 heavy (non-hydrogen) atoms. The Bertz CT molecular complexity index is 211. The molecule has 1 saturated carbocycles. The summed E-state index contributed by atoms with van der Waals surface area (Å²) in [6.07, 6.45) is 3.78. The van der Waals surface area contributed by atoms with E-state index >= 15 is 0 Å². The van der Waals surface area contributed by atoms with Crippen molar-refractivity contribution in [1.82, 2.24) is 4.90 Å². The van der Waals surface area contributed by atoms with Crippen LogP contribution in [0.4, 0.5) is 4.79 Å². The lowest BCUT2D eigenvalue weighted by atomic mass is 9.97. The fourth-order valence-corrected chi connectivity index (χ4v) is 2.37. The van der Waals surface area contributed by atoms with Crippen LogP contribution in [0.1, 0.15) is 25.7 Å². The molecule has 1 amide bonds. The Morgan fingerprint density at radius 1 is 1.46 bits per heavy atom. The van der Waals surface area contributed by atoms with E-state index in [-0.39, 0.29) is 18.2 Å². The van der Waals surface area contributed by atoms with Gasteiger partial charge in [-0.2, -0.15) is 0 Å². The Kier molecular flexibility index (Phi) is 2.15. The zero-order valence-corrected chi connectivity index (χ0v) is 7.66. The lowest BCUT2D eigenvalue weighted by Crippen LogP contribution is -2.50. The fourth-order valence-electron chi connectivity index (χ4n) is 2.37. The quantitative estimate of drug-likeness (QED) is 0.690. The van der Waals surface area contributed by atoms with Crippen LogP contribution in [0.25, 0.3) is 0 Å². The largest absolute Gasteiger partial charge is 0.448 e. The minimum Gasteiger partial charge on any atom is -0.448 e. The molecule has 0 bridgehead atoms. The monoisotopic (exact) mass is 185 g/mol. The van der Waals surface area contributed by atoms with Gasteiger partial charge in [0.1, 0.15) is 6.61 Å². The van der Waals surface area contributed by atoms with Crippen molar-refractivity contribution < 1.29 is 14.6 Å². The topological polar surface area (TPSA) is 49.8 Å². The summed E-state index contributed by atoms with van der Waals surface area (Å²) in [5.41, 5.74) is -0.298. The third-order valence-electron chi connectivity index (χ3n) is 3.16. The molecule has 2 fully saturated rings. The number of carbonyl (C=O) groups excluding carboxylic acids is 1. The average Bonchev–Trinajstić information content (AvgIpc) is 2.73. The van der Waals surface area contributed by atoms with Gasteiger partial charge in [-0.1, -0.05) is 12.8 Å². The first-order valence-corrected chi connectivity index (χ1v) is 4.84. The Hall–Kier alpha value is -0.770. The fraction of sp³-hybridized carbons (Fsp3) is 0.889. The number of ether oxygens (including phenoxy) is 1. The molecule has 0 radical (unpaired) electrons. The summed E-state index contributed by atoms with van der Waals surface area (Å²) in [4.78, 5) is 13.0. The van der Waals surface area contributed by atoms with Crippen LogP contribution in [0.2, 0.25) is 0 Å². The van der Waals surface area contributed by atoms with Gasteiger partial charge < -0.3 is 9.84 Å². The van der Waals surface area contributed by atoms with Crippen molar-refractivity contribution in [2.75, 3.05) is 19.8 Å². The maximum absolute atomic E-state index is 11.3. The van der Waals surface area contributed by atoms with Crippen LogP contribution >= 0.6 is 0 Å². The highest BCUT2D eigenvalue weighted by Crippen LogP contribution is 2.36. The van der Waals surface area contributed by atoms with Gasteiger partial charge >= 0.3 is 6.09 Å².